The molecule has 0 aliphatic heterocycles. The molecule has 2 aromatic rings. The molecule has 6 heteroatoms. The molecule has 2 aromatic carbocycles. The maximum atomic E-state index is 13.7. The lowest BCUT2D eigenvalue weighted by Gasteiger charge is -2.14. The van der Waals surface area contributed by atoms with Gasteiger partial charge in [0.25, 0.3) is 0 Å². The summed E-state index contributed by atoms with van der Waals surface area (Å²) in [6, 6.07) is 6.84. The number of nitrogens with one attached hydrogen (secondary N) is 2. The highest BCUT2D eigenvalue weighted by molar-refractivity contribution is 14.1. The molecule has 0 bridgehead atoms. The van der Waals surface area contributed by atoms with Gasteiger partial charge in [-0.2, -0.15) is 0 Å². The number of halogens is 4. The monoisotopic (exact) mass is 378 g/mol. The van der Waals surface area contributed by atoms with Gasteiger partial charge in [-0.3, -0.25) is 0 Å². The molecule has 0 spiro atoms. The van der Waals surface area contributed by atoms with Crippen LogP contribution in [0.4, 0.5) is 30.2 Å². The molecule has 100 valence electrons. The Labute approximate surface area is 122 Å². The molecule has 0 unspecified atom stereocenters. The first-order valence-corrected chi connectivity index (χ1v) is 6.48. The summed E-state index contributed by atoms with van der Waals surface area (Å²) in [4.78, 5) is 0. The van der Waals surface area contributed by atoms with E-state index in [0.29, 0.717) is 9.26 Å². The van der Waals surface area contributed by atoms with Gasteiger partial charge in [-0.1, -0.05) is 0 Å². The standard InChI is InChI=1S/C13H10F3IN2/c1-18-11-5-3-8(14)12(16)13(11)19-10-4-2-7(17)6-9(10)15/h2-6,18-19H,1H3. The van der Waals surface area contributed by atoms with E-state index < -0.39 is 17.5 Å². The van der Waals surface area contributed by atoms with Crippen LogP contribution < -0.4 is 10.6 Å². The minimum atomic E-state index is -1.05. The first-order chi connectivity index (χ1) is 9.02. The van der Waals surface area contributed by atoms with Crippen LogP contribution in [0.25, 0.3) is 0 Å². The van der Waals surface area contributed by atoms with Crippen molar-refractivity contribution >= 4 is 39.7 Å². The summed E-state index contributed by atoms with van der Waals surface area (Å²) in [6.45, 7) is 0. The first kappa shape index (κ1) is 14.0. The summed E-state index contributed by atoms with van der Waals surface area (Å²) >= 11 is 1.97. The van der Waals surface area contributed by atoms with E-state index in [1.54, 1.807) is 13.1 Å². The second kappa shape index (κ2) is 5.68. The van der Waals surface area contributed by atoms with Crippen LogP contribution in [0.15, 0.2) is 30.3 Å². The molecule has 0 heterocycles. The van der Waals surface area contributed by atoms with Gasteiger partial charge in [0.05, 0.1) is 11.4 Å². The first-order valence-electron chi connectivity index (χ1n) is 5.40. The van der Waals surface area contributed by atoms with Gasteiger partial charge in [-0.25, -0.2) is 13.2 Å². The van der Waals surface area contributed by atoms with Crippen LogP contribution in [0, 0.1) is 21.0 Å². The van der Waals surface area contributed by atoms with Gasteiger partial charge in [-0.05, 0) is 52.9 Å². The third-order valence-corrected chi connectivity index (χ3v) is 3.23. The van der Waals surface area contributed by atoms with Crippen molar-refractivity contribution in [1.82, 2.24) is 0 Å². The Morgan fingerprint density at radius 2 is 1.63 bits per heavy atom. The zero-order valence-corrected chi connectivity index (χ0v) is 12.1. The second-order valence-electron chi connectivity index (χ2n) is 3.78. The number of benzene rings is 2. The molecule has 2 nitrogen and oxygen atoms in total. The van der Waals surface area contributed by atoms with E-state index >= 15 is 0 Å². The number of hydrogen-bond donors (Lipinski definition) is 2. The Hall–Kier alpha value is -1.44. The maximum Gasteiger partial charge on any atom is 0.184 e. The molecule has 0 aliphatic rings. The maximum absolute atomic E-state index is 13.7. The molecule has 2 N–H and O–H groups in total. The van der Waals surface area contributed by atoms with Crippen molar-refractivity contribution in [3.05, 3.63) is 51.4 Å². The molecule has 19 heavy (non-hydrogen) atoms. The van der Waals surface area contributed by atoms with E-state index in [1.165, 1.54) is 18.2 Å². The smallest absolute Gasteiger partial charge is 0.184 e. The topological polar surface area (TPSA) is 24.1 Å². The molecule has 0 fully saturated rings. The Bertz CT molecular complexity index is 617. The number of hydrogen-bond acceptors (Lipinski definition) is 2. The molecular formula is C13H10F3IN2. The van der Waals surface area contributed by atoms with Crippen molar-refractivity contribution in [3.8, 4) is 0 Å². The average molecular weight is 378 g/mol. The molecule has 2 rings (SSSR count). The van der Waals surface area contributed by atoms with Gasteiger partial charge in [0, 0.05) is 10.6 Å². The second-order valence-corrected chi connectivity index (χ2v) is 5.03. The molecular weight excluding hydrogens is 368 g/mol. The quantitative estimate of drug-likeness (QED) is 0.769. The zero-order chi connectivity index (χ0) is 14.0. The largest absolute Gasteiger partial charge is 0.386 e. The SMILES string of the molecule is CNc1ccc(F)c(F)c1Nc1ccc(I)cc1F. The van der Waals surface area contributed by atoms with Crippen molar-refractivity contribution in [1.29, 1.82) is 0 Å². The van der Waals surface area contributed by atoms with Gasteiger partial charge < -0.3 is 10.6 Å². The summed E-state index contributed by atoms with van der Waals surface area (Å²) < 4.78 is 41.4. The number of rotatable bonds is 3. The van der Waals surface area contributed by atoms with E-state index in [4.69, 9.17) is 0 Å². The van der Waals surface area contributed by atoms with E-state index in [2.05, 4.69) is 10.6 Å². The van der Waals surface area contributed by atoms with Crippen molar-refractivity contribution in [2.45, 2.75) is 0 Å². The molecule has 0 radical (unpaired) electrons. The molecule has 0 atom stereocenters. The van der Waals surface area contributed by atoms with E-state index in [1.807, 2.05) is 22.6 Å². The van der Waals surface area contributed by atoms with Gasteiger partial charge in [-0.15, -0.1) is 0 Å². The zero-order valence-electron chi connectivity index (χ0n) is 9.90. The minimum absolute atomic E-state index is 0.0846. The Morgan fingerprint density at radius 3 is 2.26 bits per heavy atom. The Kier molecular flexibility index (Phi) is 4.18. The minimum Gasteiger partial charge on any atom is -0.386 e. The Morgan fingerprint density at radius 1 is 0.947 bits per heavy atom. The van der Waals surface area contributed by atoms with Crippen LogP contribution in [0.3, 0.4) is 0 Å². The summed E-state index contributed by atoms with van der Waals surface area (Å²) in [5, 5.41) is 5.29. The lowest BCUT2D eigenvalue weighted by atomic mass is 10.2. The lowest BCUT2D eigenvalue weighted by molar-refractivity contribution is 0.512. The fraction of sp³-hybridized carbons (Fsp3) is 0.0769. The normalized spacial score (nSPS) is 10.4. The predicted molar refractivity (Wildman–Crippen MR) is 78.3 cm³/mol. The summed E-state index contributed by atoms with van der Waals surface area (Å²) in [7, 11) is 1.57. The van der Waals surface area contributed by atoms with Crippen LogP contribution in [0.2, 0.25) is 0 Å². The van der Waals surface area contributed by atoms with Gasteiger partial charge in [0.1, 0.15) is 11.5 Å². The molecule has 0 saturated carbocycles. The van der Waals surface area contributed by atoms with E-state index in [9.17, 15) is 13.2 Å². The van der Waals surface area contributed by atoms with Crippen LogP contribution in [-0.4, -0.2) is 7.05 Å². The fourth-order valence-electron chi connectivity index (χ4n) is 1.61. The van der Waals surface area contributed by atoms with Crippen molar-refractivity contribution in [3.63, 3.8) is 0 Å². The molecule has 0 amide bonds. The van der Waals surface area contributed by atoms with Crippen LogP contribution in [0.5, 0.6) is 0 Å². The average Bonchev–Trinajstić information content (AvgIpc) is 2.38. The highest BCUT2D eigenvalue weighted by Crippen LogP contribution is 2.31. The molecule has 0 saturated heterocycles. The van der Waals surface area contributed by atoms with Crippen LogP contribution in [-0.2, 0) is 0 Å². The summed E-state index contributed by atoms with van der Waals surface area (Å²) in [6.07, 6.45) is 0. The third-order valence-electron chi connectivity index (χ3n) is 2.55. The third kappa shape index (κ3) is 2.94. The predicted octanol–water partition coefficient (Wildman–Crippen LogP) is 4.49. The van der Waals surface area contributed by atoms with Gasteiger partial charge in [0.2, 0.25) is 0 Å². The summed E-state index contributed by atoms with van der Waals surface area (Å²) in [5.41, 5.74) is 0.306. The van der Waals surface area contributed by atoms with Gasteiger partial charge >= 0.3 is 0 Å². The van der Waals surface area contributed by atoms with Crippen molar-refractivity contribution in [2.24, 2.45) is 0 Å². The summed E-state index contributed by atoms with van der Waals surface area (Å²) in [5.74, 6) is -2.57. The van der Waals surface area contributed by atoms with Crippen molar-refractivity contribution in [2.75, 3.05) is 17.7 Å². The van der Waals surface area contributed by atoms with Crippen LogP contribution >= 0.6 is 22.6 Å². The van der Waals surface area contributed by atoms with E-state index in [0.717, 1.165) is 6.07 Å². The van der Waals surface area contributed by atoms with Gasteiger partial charge in [0.15, 0.2) is 11.6 Å². The Balaban J connectivity index is 2.45. The lowest BCUT2D eigenvalue weighted by Crippen LogP contribution is -2.03. The fourth-order valence-corrected chi connectivity index (χ4v) is 2.06. The van der Waals surface area contributed by atoms with Crippen LogP contribution in [0.1, 0.15) is 0 Å². The number of anilines is 3. The highest BCUT2D eigenvalue weighted by Gasteiger charge is 2.14. The van der Waals surface area contributed by atoms with E-state index in [-0.39, 0.29) is 11.4 Å². The molecule has 0 aliphatic carbocycles. The molecule has 0 aromatic heterocycles. The highest BCUT2D eigenvalue weighted by atomic mass is 127. The van der Waals surface area contributed by atoms with Crippen molar-refractivity contribution < 1.29 is 13.2 Å².